The lowest BCUT2D eigenvalue weighted by Gasteiger charge is -2.05. The molecule has 0 amide bonds. The van der Waals surface area contributed by atoms with Gasteiger partial charge in [0.05, 0.1) is 11.6 Å². The van der Waals surface area contributed by atoms with Crippen molar-refractivity contribution in [1.29, 1.82) is 0 Å². The highest BCUT2D eigenvalue weighted by molar-refractivity contribution is 5.79. The highest BCUT2D eigenvalue weighted by Gasteiger charge is 2.00. The fourth-order valence-electron chi connectivity index (χ4n) is 1.81. The number of aryl methyl sites for hydroxylation is 2. The van der Waals surface area contributed by atoms with Crippen LogP contribution < -0.4 is 0 Å². The van der Waals surface area contributed by atoms with E-state index in [0.717, 1.165) is 24.1 Å². The predicted octanol–water partition coefficient (Wildman–Crippen LogP) is 2.86. The first-order chi connectivity index (χ1) is 7.65. The largest absolute Gasteiger partial charge is 0.393 e. The molecule has 0 spiro atoms. The summed E-state index contributed by atoms with van der Waals surface area (Å²) in [5.41, 5.74) is 3.35. The molecule has 1 unspecified atom stereocenters. The zero-order valence-electron chi connectivity index (χ0n) is 9.77. The highest BCUT2D eigenvalue weighted by Crippen LogP contribution is 2.16. The van der Waals surface area contributed by atoms with Crippen LogP contribution in [0.25, 0.3) is 10.9 Å². The first-order valence-electron chi connectivity index (χ1n) is 5.69. The van der Waals surface area contributed by atoms with Crippen molar-refractivity contribution in [2.24, 2.45) is 0 Å². The second-order valence-corrected chi connectivity index (χ2v) is 4.37. The van der Waals surface area contributed by atoms with Gasteiger partial charge in [0.25, 0.3) is 0 Å². The third-order valence-corrected chi connectivity index (χ3v) is 2.74. The van der Waals surface area contributed by atoms with Crippen molar-refractivity contribution in [3.05, 3.63) is 41.6 Å². The molecule has 0 aliphatic heterocycles. The Hall–Kier alpha value is -1.41. The van der Waals surface area contributed by atoms with Crippen LogP contribution >= 0.6 is 0 Å². The Kier molecular flexibility index (Phi) is 3.20. The molecule has 1 atom stereocenters. The summed E-state index contributed by atoms with van der Waals surface area (Å²) in [6.45, 7) is 3.83. The van der Waals surface area contributed by atoms with Crippen molar-refractivity contribution >= 4 is 10.9 Å². The normalized spacial score (nSPS) is 12.9. The van der Waals surface area contributed by atoms with Gasteiger partial charge in [-0.25, -0.2) is 0 Å². The highest BCUT2D eigenvalue weighted by atomic mass is 16.3. The lowest BCUT2D eigenvalue weighted by atomic mass is 10.0. The summed E-state index contributed by atoms with van der Waals surface area (Å²) in [5.74, 6) is 0. The van der Waals surface area contributed by atoms with Crippen LogP contribution in [0.3, 0.4) is 0 Å². The lowest BCUT2D eigenvalue weighted by molar-refractivity contribution is 0.185. The number of hydrogen-bond acceptors (Lipinski definition) is 2. The summed E-state index contributed by atoms with van der Waals surface area (Å²) >= 11 is 0. The van der Waals surface area contributed by atoms with Crippen LogP contribution in [0.5, 0.6) is 0 Å². The van der Waals surface area contributed by atoms with Gasteiger partial charge in [0.2, 0.25) is 0 Å². The molecule has 84 valence electrons. The van der Waals surface area contributed by atoms with E-state index in [1.165, 1.54) is 10.9 Å². The molecule has 2 rings (SSSR count). The van der Waals surface area contributed by atoms with E-state index in [1.807, 2.05) is 19.9 Å². The fraction of sp³-hybridized carbons (Fsp3) is 0.357. The number of aromatic nitrogens is 1. The smallest absolute Gasteiger partial charge is 0.0705 e. The van der Waals surface area contributed by atoms with Crippen molar-refractivity contribution in [2.45, 2.75) is 32.8 Å². The summed E-state index contributed by atoms with van der Waals surface area (Å²) in [5, 5.41) is 10.4. The Bertz CT molecular complexity index is 491. The third-order valence-electron chi connectivity index (χ3n) is 2.74. The van der Waals surface area contributed by atoms with E-state index in [4.69, 9.17) is 0 Å². The average Bonchev–Trinajstić information content (AvgIpc) is 2.26. The second-order valence-electron chi connectivity index (χ2n) is 4.37. The monoisotopic (exact) mass is 215 g/mol. The Balaban J connectivity index is 2.26. The van der Waals surface area contributed by atoms with Crippen LogP contribution in [0.1, 0.15) is 24.6 Å². The summed E-state index contributed by atoms with van der Waals surface area (Å²) in [6.07, 6.45) is 1.50. The van der Waals surface area contributed by atoms with Crippen LogP contribution in [-0.2, 0) is 6.42 Å². The van der Waals surface area contributed by atoms with E-state index in [2.05, 4.69) is 29.2 Å². The molecule has 1 N–H and O–H groups in total. The molecule has 0 aliphatic rings. The second kappa shape index (κ2) is 4.62. The van der Waals surface area contributed by atoms with Crippen LogP contribution in [0.4, 0.5) is 0 Å². The first kappa shape index (κ1) is 11.1. The first-order valence-corrected chi connectivity index (χ1v) is 5.69. The lowest BCUT2D eigenvalue weighted by Crippen LogP contribution is -2.01. The molecule has 0 bridgehead atoms. The number of pyridine rings is 1. The van der Waals surface area contributed by atoms with Gasteiger partial charge < -0.3 is 5.11 Å². The molecule has 0 aliphatic carbocycles. The molecule has 1 heterocycles. The van der Waals surface area contributed by atoms with Gasteiger partial charge in [0.15, 0.2) is 0 Å². The van der Waals surface area contributed by atoms with E-state index >= 15 is 0 Å². The summed E-state index contributed by atoms with van der Waals surface area (Å²) in [7, 11) is 0. The number of fused-ring (bicyclic) bond motifs is 1. The van der Waals surface area contributed by atoms with E-state index in [0.29, 0.717) is 0 Å². The Morgan fingerprint density at radius 1 is 1.25 bits per heavy atom. The number of nitrogens with zero attached hydrogens (tertiary/aromatic N) is 1. The van der Waals surface area contributed by atoms with Crippen LogP contribution in [0, 0.1) is 6.92 Å². The van der Waals surface area contributed by atoms with Gasteiger partial charge in [0.1, 0.15) is 0 Å². The van der Waals surface area contributed by atoms with Gasteiger partial charge in [-0.1, -0.05) is 12.1 Å². The average molecular weight is 215 g/mol. The standard InChI is InChI=1S/C14H17NO/c1-10-3-7-13-9-12(5-4-11(2)16)6-8-14(13)15-10/h3,6-9,11,16H,4-5H2,1-2H3. The third kappa shape index (κ3) is 2.58. The van der Waals surface area contributed by atoms with Crippen molar-refractivity contribution in [2.75, 3.05) is 0 Å². The molecule has 0 radical (unpaired) electrons. The Morgan fingerprint density at radius 3 is 2.81 bits per heavy atom. The molecule has 0 saturated heterocycles. The number of aliphatic hydroxyl groups is 1. The van der Waals surface area contributed by atoms with Gasteiger partial charge in [-0.2, -0.15) is 0 Å². The van der Waals surface area contributed by atoms with Crippen molar-refractivity contribution in [3.63, 3.8) is 0 Å². The molecule has 1 aromatic carbocycles. The maximum atomic E-state index is 9.25. The number of rotatable bonds is 3. The summed E-state index contributed by atoms with van der Waals surface area (Å²) in [6, 6.07) is 10.4. The zero-order chi connectivity index (χ0) is 11.5. The minimum Gasteiger partial charge on any atom is -0.393 e. The molecule has 0 saturated carbocycles. The quantitative estimate of drug-likeness (QED) is 0.854. The molecular formula is C14H17NO. The topological polar surface area (TPSA) is 33.1 Å². The van der Waals surface area contributed by atoms with Crippen LogP contribution in [0.15, 0.2) is 30.3 Å². The number of aliphatic hydroxyl groups excluding tert-OH is 1. The zero-order valence-corrected chi connectivity index (χ0v) is 9.77. The minimum absolute atomic E-state index is 0.230. The molecular weight excluding hydrogens is 198 g/mol. The Labute approximate surface area is 96.0 Å². The molecule has 2 aromatic rings. The van der Waals surface area contributed by atoms with E-state index in [1.54, 1.807) is 0 Å². The minimum atomic E-state index is -0.230. The maximum absolute atomic E-state index is 9.25. The number of hydrogen-bond donors (Lipinski definition) is 1. The van der Waals surface area contributed by atoms with E-state index in [9.17, 15) is 5.11 Å². The predicted molar refractivity (Wildman–Crippen MR) is 66.5 cm³/mol. The van der Waals surface area contributed by atoms with E-state index in [-0.39, 0.29) is 6.10 Å². The van der Waals surface area contributed by atoms with Crippen molar-refractivity contribution < 1.29 is 5.11 Å². The van der Waals surface area contributed by atoms with Crippen molar-refractivity contribution in [3.8, 4) is 0 Å². The van der Waals surface area contributed by atoms with Crippen LogP contribution in [0.2, 0.25) is 0 Å². The molecule has 2 nitrogen and oxygen atoms in total. The van der Waals surface area contributed by atoms with Crippen molar-refractivity contribution in [1.82, 2.24) is 4.98 Å². The molecule has 0 fully saturated rings. The number of benzene rings is 1. The van der Waals surface area contributed by atoms with Crippen LogP contribution in [-0.4, -0.2) is 16.2 Å². The Morgan fingerprint density at radius 2 is 2.06 bits per heavy atom. The molecule has 16 heavy (non-hydrogen) atoms. The SMILES string of the molecule is Cc1ccc2cc(CCC(C)O)ccc2n1. The van der Waals surface area contributed by atoms with Gasteiger partial charge >= 0.3 is 0 Å². The van der Waals surface area contributed by atoms with Gasteiger partial charge in [-0.15, -0.1) is 0 Å². The maximum Gasteiger partial charge on any atom is 0.0705 e. The summed E-state index contributed by atoms with van der Waals surface area (Å²) < 4.78 is 0. The van der Waals surface area contributed by atoms with Gasteiger partial charge in [-0.3, -0.25) is 4.98 Å². The molecule has 2 heteroatoms. The van der Waals surface area contributed by atoms with Gasteiger partial charge in [-0.05, 0) is 50.5 Å². The molecule has 1 aromatic heterocycles. The summed E-state index contributed by atoms with van der Waals surface area (Å²) in [4.78, 5) is 4.46. The van der Waals surface area contributed by atoms with Gasteiger partial charge in [0, 0.05) is 11.1 Å². The fourth-order valence-corrected chi connectivity index (χ4v) is 1.81. The van der Waals surface area contributed by atoms with E-state index < -0.39 is 0 Å².